The van der Waals surface area contributed by atoms with E-state index in [9.17, 15) is 0 Å². The van der Waals surface area contributed by atoms with Gasteiger partial charge in [-0.3, -0.25) is 0 Å². The van der Waals surface area contributed by atoms with Crippen molar-refractivity contribution >= 4 is 71.9 Å². The molecular formula is C82H59N7. The fourth-order valence-electron chi connectivity index (χ4n) is 13.3. The molecule has 1 atom stereocenters. The number of nitrogens with zero attached hydrogens (tertiary/aromatic N) is 6. The fourth-order valence-corrected chi connectivity index (χ4v) is 13.3. The second-order valence-electron chi connectivity index (χ2n) is 22.8. The van der Waals surface area contributed by atoms with Crippen molar-refractivity contribution in [1.29, 1.82) is 0 Å². The Hall–Kier alpha value is -11.7. The van der Waals surface area contributed by atoms with Gasteiger partial charge in [-0.2, -0.15) is 0 Å². The molecule has 11 aromatic carbocycles. The Morgan fingerprint density at radius 2 is 0.944 bits per heavy atom. The highest BCUT2D eigenvalue weighted by Gasteiger charge is 2.26. The smallest absolute Gasteiger partial charge is 0.164 e. The van der Waals surface area contributed by atoms with Gasteiger partial charge in [0.2, 0.25) is 0 Å². The van der Waals surface area contributed by atoms with Crippen LogP contribution in [0.15, 0.2) is 304 Å². The number of fused-ring (bicyclic) bond motifs is 9. The summed E-state index contributed by atoms with van der Waals surface area (Å²) in [6, 6.07) is 95.5. The minimum atomic E-state index is 0.0500. The summed E-state index contributed by atoms with van der Waals surface area (Å²) in [6.07, 6.45) is 13.6. The van der Waals surface area contributed by atoms with Crippen molar-refractivity contribution < 1.29 is 0 Å². The molecule has 1 aliphatic carbocycles. The molecule has 7 nitrogen and oxygen atoms in total. The summed E-state index contributed by atoms with van der Waals surface area (Å²) in [5, 5.41) is 9.97. The first-order valence-electron chi connectivity index (χ1n) is 30.4. The molecule has 422 valence electrons. The van der Waals surface area contributed by atoms with Gasteiger partial charge in [0.25, 0.3) is 0 Å². The van der Waals surface area contributed by atoms with Gasteiger partial charge in [-0.25, -0.2) is 15.0 Å². The summed E-state index contributed by atoms with van der Waals surface area (Å²) in [7, 11) is 0. The number of benzene rings is 11. The van der Waals surface area contributed by atoms with E-state index in [2.05, 4.69) is 293 Å². The van der Waals surface area contributed by atoms with Crippen molar-refractivity contribution in [1.82, 2.24) is 28.7 Å². The van der Waals surface area contributed by atoms with E-state index in [1.54, 1.807) is 0 Å². The maximum absolute atomic E-state index is 5.26. The summed E-state index contributed by atoms with van der Waals surface area (Å²) >= 11 is 0. The van der Waals surface area contributed by atoms with Gasteiger partial charge < -0.3 is 19.0 Å². The molecule has 89 heavy (non-hydrogen) atoms. The van der Waals surface area contributed by atoms with Crippen molar-refractivity contribution in [3.05, 3.63) is 321 Å². The van der Waals surface area contributed by atoms with Crippen molar-refractivity contribution in [2.75, 3.05) is 5.32 Å². The lowest BCUT2D eigenvalue weighted by molar-refractivity contribution is 0.805. The quantitative estimate of drug-likeness (QED) is 0.117. The summed E-state index contributed by atoms with van der Waals surface area (Å²) in [4.78, 5) is 15.6. The summed E-state index contributed by atoms with van der Waals surface area (Å²) in [6.45, 7) is 6.46. The molecular weight excluding hydrogens is 1080 g/mol. The first kappa shape index (κ1) is 52.9. The molecule has 7 heteroatoms. The van der Waals surface area contributed by atoms with E-state index in [0.29, 0.717) is 17.5 Å². The van der Waals surface area contributed by atoms with Crippen LogP contribution in [0.25, 0.3) is 140 Å². The van der Waals surface area contributed by atoms with Gasteiger partial charge in [-0.05, 0) is 102 Å². The van der Waals surface area contributed by atoms with E-state index in [0.717, 1.165) is 101 Å². The Kier molecular flexibility index (Phi) is 13.2. The molecule has 0 aliphatic heterocycles. The van der Waals surface area contributed by atoms with E-state index in [4.69, 9.17) is 15.0 Å². The van der Waals surface area contributed by atoms with Crippen LogP contribution in [0.3, 0.4) is 0 Å². The predicted molar refractivity (Wildman–Crippen MR) is 372 cm³/mol. The average Bonchev–Trinajstić information content (AvgIpc) is 2.34. The molecule has 0 bridgehead atoms. The van der Waals surface area contributed by atoms with Crippen LogP contribution in [0, 0.1) is 0 Å². The van der Waals surface area contributed by atoms with E-state index >= 15 is 0 Å². The zero-order valence-electron chi connectivity index (χ0n) is 49.0. The maximum Gasteiger partial charge on any atom is 0.164 e. The Morgan fingerprint density at radius 3 is 1.61 bits per heavy atom. The van der Waals surface area contributed by atoms with Gasteiger partial charge in [0.1, 0.15) is 0 Å². The van der Waals surface area contributed by atoms with Crippen LogP contribution >= 0.6 is 0 Å². The number of hydrogen-bond donors (Lipinski definition) is 1. The molecule has 0 spiro atoms. The predicted octanol–water partition coefficient (Wildman–Crippen LogP) is 20.5. The lowest BCUT2D eigenvalue weighted by atomic mass is 9.94. The second-order valence-corrected chi connectivity index (χ2v) is 22.8. The number of allylic oxidation sites excluding steroid dienone is 5. The van der Waals surface area contributed by atoms with E-state index in [1.807, 2.05) is 43.4 Å². The minimum Gasteiger partial charge on any atom is -0.378 e. The molecule has 0 saturated carbocycles. The van der Waals surface area contributed by atoms with Crippen molar-refractivity contribution in [2.45, 2.75) is 19.4 Å². The van der Waals surface area contributed by atoms with Gasteiger partial charge in [0, 0.05) is 89.5 Å². The summed E-state index contributed by atoms with van der Waals surface area (Å²) < 4.78 is 7.25. The lowest BCUT2D eigenvalue weighted by Gasteiger charge is -2.23. The van der Waals surface area contributed by atoms with Gasteiger partial charge in [0.05, 0.1) is 39.3 Å². The third-order valence-electron chi connectivity index (χ3n) is 17.5. The Morgan fingerprint density at radius 1 is 0.427 bits per heavy atom. The normalized spacial score (nSPS) is 13.2. The highest BCUT2D eigenvalue weighted by Crippen LogP contribution is 2.43. The number of aromatic nitrogens is 6. The fraction of sp³-hybridized carbons (Fsp3) is 0.0366. The van der Waals surface area contributed by atoms with E-state index in [-0.39, 0.29) is 6.04 Å². The zero-order valence-corrected chi connectivity index (χ0v) is 49.0. The molecule has 0 radical (unpaired) electrons. The Balaban J connectivity index is 0.797. The van der Waals surface area contributed by atoms with Gasteiger partial charge in [-0.15, -0.1) is 0 Å². The number of rotatable bonds is 13. The van der Waals surface area contributed by atoms with Gasteiger partial charge in [0.15, 0.2) is 17.5 Å². The van der Waals surface area contributed by atoms with Crippen LogP contribution in [0.1, 0.15) is 23.7 Å². The molecule has 1 N–H and O–H groups in total. The van der Waals surface area contributed by atoms with E-state index < -0.39 is 0 Å². The highest BCUT2D eigenvalue weighted by molar-refractivity contribution is 6.11. The SMILES string of the molecule is C=C(/C=C\C=C/C)c1ccccc1NC1C=Cc2c(n(-c3ccccc3)c3ccc(-c4ccc(-c5ccc(-c6nc(-c7ccccc7)nc(-c7cccc(-n8c9ccccc9c9ccccc98)c7)n6)cc5)cc4-n4c5ccccc5c5ccccc54)cc23)C1. The molecule has 0 amide bonds. The largest absolute Gasteiger partial charge is 0.378 e. The molecule has 4 heterocycles. The van der Waals surface area contributed by atoms with Crippen LogP contribution in [0.2, 0.25) is 0 Å². The first-order valence-corrected chi connectivity index (χ1v) is 30.4. The zero-order chi connectivity index (χ0) is 59.4. The van der Waals surface area contributed by atoms with Crippen LogP contribution in [0.4, 0.5) is 5.69 Å². The maximum atomic E-state index is 5.26. The number of para-hydroxylation sites is 6. The van der Waals surface area contributed by atoms with Crippen LogP contribution in [0.5, 0.6) is 0 Å². The van der Waals surface area contributed by atoms with Crippen LogP contribution in [-0.4, -0.2) is 34.7 Å². The number of hydrogen-bond acceptors (Lipinski definition) is 4. The topological polar surface area (TPSA) is 65.5 Å². The number of anilines is 1. The third kappa shape index (κ3) is 9.44. The summed E-state index contributed by atoms with van der Waals surface area (Å²) in [5.41, 5.74) is 21.8. The average molecular weight is 1140 g/mol. The molecule has 16 rings (SSSR count). The Bertz CT molecular complexity index is 5240. The first-order chi connectivity index (χ1) is 44.0. The van der Waals surface area contributed by atoms with Crippen molar-refractivity contribution in [2.24, 2.45) is 0 Å². The van der Waals surface area contributed by atoms with Gasteiger partial charge >= 0.3 is 0 Å². The molecule has 4 aromatic heterocycles. The van der Waals surface area contributed by atoms with Crippen LogP contribution < -0.4 is 5.32 Å². The molecule has 1 unspecified atom stereocenters. The van der Waals surface area contributed by atoms with E-state index in [1.165, 1.54) is 43.7 Å². The monoisotopic (exact) mass is 1140 g/mol. The summed E-state index contributed by atoms with van der Waals surface area (Å²) in [5.74, 6) is 1.82. The van der Waals surface area contributed by atoms with Gasteiger partial charge in [-0.1, -0.05) is 237 Å². The standard InChI is InChI=1S/C82H59N7/c1-3-4-7-23-54(2)64-30-12-17-35-72(64)83-61-46-48-70-71-51-59(45-49-77(71)87(79(70)53-61)62-27-10-6-11-28-62)65-47-44-58(52-78(65)89-75-38-20-15-33-68(75)69-34-16-21-39-76(69)89)55-40-42-57(43-41-55)81-84-80(56-24-8-5-9-25-56)85-82(86-81)60-26-22-29-63(50-60)88-73-36-18-13-31-66(73)67-32-14-19-37-74(67)88/h3-52,61,83H,2,53H2,1H3/b4-3-,23-7-. The van der Waals surface area contributed by atoms with Crippen LogP contribution in [-0.2, 0) is 6.42 Å². The van der Waals surface area contributed by atoms with Crippen molar-refractivity contribution in [3.63, 3.8) is 0 Å². The Labute approximate surface area is 516 Å². The molecule has 15 aromatic rings. The number of nitrogens with one attached hydrogen (secondary N) is 1. The lowest BCUT2D eigenvalue weighted by Crippen LogP contribution is -2.24. The van der Waals surface area contributed by atoms with Crippen molar-refractivity contribution in [3.8, 4) is 73.5 Å². The molecule has 1 aliphatic rings. The highest BCUT2D eigenvalue weighted by atomic mass is 15.0. The second kappa shape index (κ2) is 22.3. The third-order valence-corrected chi connectivity index (χ3v) is 17.5. The molecule has 0 fully saturated rings. The minimum absolute atomic E-state index is 0.0500. The molecule has 0 saturated heterocycles.